The highest BCUT2D eigenvalue weighted by Gasteiger charge is 2.14. The highest BCUT2D eigenvalue weighted by atomic mass is 15.0. The van der Waals surface area contributed by atoms with Crippen LogP contribution in [0.25, 0.3) is 67.5 Å². The fourth-order valence-electron chi connectivity index (χ4n) is 5.22. The molecule has 6 aromatic carbocycles. The van der Waals surface area contributed by atoms with Crippen LogP contribution in [0.15, 0.2) is 164 Å². The zero-order valence-corrected chi connectivity index (χ0v) is 22.9. The fraction of sp³-hybridized carbons (Fsp3) is 0. The summed E-state index contributed by atoms with van der Waals surface area (Å²) in [4.78, 5) is 14.8. The van der Waals surface area contributed by atoms with Gasteiger partial charge in [0.1, 0.15) is 0 Å². The van der Waals surface area contributed by atoms with Crippen LogP contribution in [0.1, 0.15) is 0 Å². The van der Waals surface area contributed by atoms with Crippen LogP contribution in [0, 0.1) is 0 Å². The third kappa shape index (κ3) is 5.24. The SMILES string of the molecule is c1ccc(-c2cccc(-c3nc(-c4ccccc4)nc(-c4ccc(-c5ccccc5-c5ccccc5)cc4)n3)c2)cc1. The van der Waals surface area contributed by atoms with Crippen molar-refractivity contribution in [2.45, 2.75) is 0 Å². The second-order valence-corrected chi connectivity index (χ2v) is 10.1. The van der Waals surface area contributed by atoms with Crippen molar-refractivity contribution in [3.63, 3.8) is 0 Å². The first-order valence-corrected chi connectivity index (χ1v) is 14.0. The Balaban J connectivity index is 1.31. The molecule has 0 radical (unpaired) electrons. The topological polar surface area (TPSA) is 38.7 Å². The van der Waals surface area contributed by atoms with Crippen molar-refractivity contribution in [2.75, 3.05) is 0 Å². The molecule has 7 aromatic rings. The van der Waals surface area contributed by atoms with Gasteiger partial charge in [-0.25, -0.2) is 15.0 Å². The molecule has 3 heteroatoms. The molecule has 0 amide bonds. The third-order valence-corrected chi connectivity index (χ3v) is 7.36. The molecule has 0 bridgehead atoms. The Morgan fingerprint density at radius 3 is 1.17 bits per heavy atom. The van der Waals surface area contributed by atoms with E-state index in [9.17, 15) is 0 Å². The van der Waals surface area contributed by atoms with Crippen LogP contribution >= 0.6 is 0 Å². The van der Waals surface area contributed by atoms with E-state index in [2.05, 4.69) is 121 Å². The number of aromatic nitrogens is 3. The second kappa shape index (κ2) is 11.4. The molecule has 0 saturated heterocycles. The molecule has 0 unspecified atom stereocenters. The second-order valence-electron chi connectivity index (χ2n) is 10.1. The summed E-state index contributed by atoms with van der Waals surface area (Å²) in [5.74, 6) is 1.95. The lowest BCUT2D eigenvalue weighted by Gasteiger charge is -2.12. The minimum Gasteiger partial charge on any atom is -0.208 e. The van der Waals surface area contributed by atoms with E-state index in [4.69, 9.17) is 15.0 Å². The fourth-order valence-corrected chi connectivity index (χ4v) is 5.22. The van der Waals surface area contributed by atoms with Crippen LogP contribution in [-0.4, -0.2) is 15.0 Å². The van der Waals surface area contributed by atoms with Gasteiger partial charge in [0, 0.05) is 16.7 Å². The number of benzene rings is 6. The molecule has 0 spiro atoms. The van der Waals surface area contributed by atoms with E-state index in [1.807, 2.05) is 42.5 Å². The molecule has 0 fully saturated rings. The van der Waals surface area contributed by atoms with Crippen LogP contribution < -0.4 is 0 Å². The van der Waals surface area contributed by atoms with Gasteiger partial charge in [-0.05, 0) is 39.4 Å². The molecule has 0 atom stereocenters. The Hall–Kier alpha value is -5.67. The maximum absolute atomic E-state index is 4.98. The zero-order valence-electron chi connectivity index (χ0n) is 22.9. The standard InChI is InChI=1S/C39H27N3/c1-4-13-28(14-5-1)33-19-12-20-34(27-33)39-41-37(31-17-8-3-9-18-31)40-38(42-39)32-25-23-30(24-26-32)36-22-11-10-21-35(36)29-15-6-2-7-16-29/h1-27H. The summed E-state index contributed by atoms with van der Waals surface area (Å²) in [5.41, 5.74) is 9.86. The van der Waals surface area contributed by atoms with Gasteiger partial charge in [-0.15, -0.1) is 0 Å². The first-order chi connectivity index (χ1) is 20.8. The van der Waals surface area contributed by atoms with Crippen molar-refractivity contribution in [3.8, 4) is 67.5 Å². The summed E-state index contributed by atoms with van der Waals surface area (Å²) >= 11 is 0. The lowest BCUT2D eigenvalue weighted by molar-refractivity contribution is 1.07. The van der Waals surface area contributed by atoms with Gasteiger partial charge < -0.3 is 0 Å². The summed E-state index contributed by atoms with van der Waals surface area (Å²) in [6, 6.07) is 56.4. The van der Waals surface area contributed by atoms with E-state index in [1.165, 1.54) is 16.7 Å². The Kier molecular flexibility index (Phi) is 6.89. The highest BCUT2D eigenvalue weighted by molar-refractivity contribution is 5.84. The normalized spacial score (nSPS) is 10.9. The van der Waals surface area contributed by atoms with E-state index >= 15 is 0 Å². The number of hydrogen-bond acceptors (Lipinski definition) is 3. The Morgan fingerprint density at radius 2 is 0.595 bits per heavy atom. The van der Waals surface area contributed by atoms with Gasteiger partial charge in [0.2, 0.25) is 0 Å². The molecule has 7 rings (SSSR count). The molecule has 1 heterocycles. The lowest BCUT2D eigenvalue weighted by Crippen LogP contribution is -2.00. The van der Waals surface area contributed by atoms with Gasteiger partial charge in [0.15, 0.2) is 17.5 Å². The van der Waals surface area contributed by atoms with Gasteiger partial charge >= 0.3 is 0 Å². The molecule has 0 N–H and O–H groups in total. The predicted octanol–water partition coefficient (Wildman–Crippen LogP) is 9.87. The summed E-state index contributed by atoms with van der Waals surface area (Å²) < 4.78 is 0. The van der Waals surface area contributed by atoms with Crippen LogP contribution in [0.2, 0.25) is 0 Å². The maximum atomic E-state index is 4.98. The molecule has 0 saturated carbocycles. The Morgan fingerprint density at radius 1 is 0.238 bits per heavy atom. The summed E-state index contributed by atoms with van der Waals surface area (Å²) in [6.45, 7) is 0. The molecule has 42 heavy (non-hydrogen) atoms. The van der Waals surface area contributed by atoms with E-state index in [-0.39, 0.29) is 0 Å². The van der Waals surface area contributed by atoms with E-state index in [1.54, 1.807) is 0 Å². The number of hydrogen-bond donors (Lipinski definition) is 0. The van der Waals surface area contributed by atoms with Crippen LogP contribution in [0.5, 0.6) is 0 Å². The minimum atomic E-state index is 0.645. The first kappa shape index (κ1) is 25.3. The molecule has 0 aliphatic rings. The van der Waals surface area contributed by atoms with Crippen LogP contribution in [0.3, 0.4) is 0 Å². The van der Waals surface area contributed by atoms with Crippen molar-refractivity contribution >= 4 is 0 Å². The molecule has 3 nitrogen and oxygen atoms in total. The van der Waals surface area contributed by atoms with Gasteiger partial charge in [0.25, 0.3) is 0 Å². The van der Waals surface area contributed by atoms with Gasteiger partial charge in [-0.2, -0.15) is 0 Å². The smallest absolute Gasteiger partial charge is 0.164 e. The summed E-state index contributed by atoms with van der Waals surface area (Å²) in [6.07, 6.45) is 0. The molecule has 0 aliphatic carbocycles. The molecular formula is C39H27N3. The van der Waals surface area contributed by atoms with Crippen molar-refractivity contribution in [3.05, 3.63) is 164 Å². The lowest BCUT2D eigenvalue weighted by atomic mass is 9.94. The van der Waals surface area contributed by atoms with Crippen molar-refractivity contribution in [2.24, 2.45) is 0 Å². The Bertz CT molecular complexity index is 1950. The van der Waals surface area contributed by atoms with E-state index < -0.39 is 0 Å². The highest BCUT2D eigenvalue weighted by Crippen LogP contribution is 2.33. The van der Waals surface area contributed by atoms with Gasteiger partial charge in [0.05, 0.1) is 0 Å². The van der Waals surface area contributed by atoms with Crippen molar-refractivity contribution in [1.29, 1.82) is 0 Å². The van der Waals surface area contributed by atoms with Gasteiger partial charge in [-0.3, -0.25) is 0 Å². The quantitative estimate of drug-likeness (QED) is 0.212. The largest absolute Gasteiger partial charge is 0.208 e. The third-order valence-electron chi connectivity index (χ3n) is 7.36. The van der Waals surface area contributed by atoms with Crippen LogP contribution in [0.4, 0.5) is 0 Å². The zero-order chi connectivity index (χ0) is 28.1. The maximum Gasteiger partial charge on any atom is 0.164 e. The van der Waals surface area contributed by atoms with E-state index in [0.29, 0.717) is 17.5 Å². The first-order valence-electron chi connectivity index (χ1n) is 14.0. The molecular weight excluding hydrogens is 510 g/mol. The Labute approximate surface area is 245 Å². The van der Waals surface area contributed by atoms with Crippen molar-refractivity contribution in [1.82, 2.24) is 15.0 Å². The number of rotatable bonds is 6. The molecule has 1 aromatic heterocycles. The molecule has 198 valence electrons. The average molecular weight is 538 g/mol. The minimum absolute atomic E-state index is 0.645. The summed E-state index contributed by atoms with van der Waals surface area (Å²) in [5, 5.41) is 0. The van der Waals surface area contributed by atoms with Crippen molar-refractivity contribution < 1.29 is 0 Å². The molecule has 0 aliphatic heterocycles. The van der Waals surface area contributed by atoms with Gasteiger partial charge in [-0.1, -0.05) is 158 Å². The summed E-state index contributed by atoms with van der Waals surface area (Å²) in [7, 11) is 0. The number of nitrogens with zero attached hydrogens (tertiary/aromatic N) is 3. The van der Waals surface area contributed by atoms with E-state index in [0.717, 1.165) is 33.4 Å². The monoisotopic (exact) mass is 537 g/mol. The average Bonchev–Trinajstić information content (AvgIpc) is 3.09. The van der Waals surface area contributed by atoms with Crippen LogP contribution in [-0.2, 0) is 0 Å². The predicted molar refractivity (Wildman–Crippen MR) is 172 cm³/mol.